The van der Waals surface area contributed by atoms with Crippen LogP contribution in [0.4, 0.5) is 0 Å². The van der Waals surface area contributed by atoms with Gasteiger partial charge in [-0.1, -0.05) is 109 Å². The van der Waals surface area contributed by atoms with Crippen LogP contribution in [-0.4, -0.2) is 19.9 Å². The highest BCUT2D eigenvalue weighted by Gasteiger charge is 2.15. The summed E-state index contributed by atoms with van der Waals surface area (Å²) in [7, 11) is 0. The second-order valence-corrected chi connectivity index (χ2v) is 9.62. The minimum Gasteiger partial charge on any atom is -0.256 e. The van der Waals surface area contributed by atoms with E-state index in [4.69, 9.17) is 19.9 Å². The van der Waals surface area contributed by atoms with Gasteiger partial charge in [0, 0.05) is 33.8 Å². The third-order valence-electron chi connectivity index (χ3n) is 6.92. The summed E-state index contributed by atoms with van der Waals surface area (Å²) in [6.45, 7) is 0. The van der Waals surface area contributed by atoms with Crippen LogP contribution in [-0.2, 0) is 0 Å². The highest BCUT2D eigenvalue weighted by Crippen LogP contribution is 2.34. The predicted octanol–water partition coefficient (Wildman–Crippen LogP) is 8.75. The molecule has 0 radical (unpaired) electrons. The smallest absolute Gasteiger partial charge is 0.164 e. The van der Waals surface area contributed by atoms with Gasteiger partial charge in [0.25, 0.3) is 0 Å². The lowest BCUT2D eigenvalue weighted by atomic mass is 9.96. The standard InChI is InChI=1S/C36H24N4/c1-4-12-25(13-5-1)29-21-30(32-20-28-18-10-11-19-33(28)37-24-32)23-31(22-29)36-39-34(26-14-6-2-7-15-26)38-35(40-36)27-16-8-3-9-17-27/h1-24H. The molecular weight excluding hydrogens is 488 g/mol. The lowest BCUT2D eigenvalue weighted by molar-refractivity contribution is 1.07. The van der Waals surface area contributed by atoms with E-state index >= 15 is 0 Å². The van der Waals surface area contributed by atoms with Crippen molar-refractivity contribution >= 4 is 10.9 Å². The number of pyridine rings is 1. The van der Waals surface area contributed by atoms with Gasteiger partial charge in [0.1, 0.15) is 0 Å². The fraction of sp³-hybridized carbons (Fsp3) is 0. The van der Waals surface area contributed by atoms with E-state index in [1.807, 2.05) is 91.1 Å². The molecule has 4 heteroatoms. The molecule has 40 heavy (non-hydrogen) atoms. The van der Waals surface area contributed by atoms with E-state index in [0.29, 0.717) is 17.5 Å². The Kier molecular flexibility index (Phi) is 6.11. The average Bonchev–Trinajstić information content (AvgIpc) is 3.05. The maximum atomic E-state index is 4.98. The number of benzene rings is 5. The first-order valence-corrected chi connectivity index (χ1v) is 13.2. The molecule has 7 rings (SSSR count). The van der Waals surface area contributed by atoms with Gasteiger partial charge < -0.3 is 0 Å². The summed E-state index contributed by atoms with van der Waals surface area (Å²) in [5, 5.41) is 1.10. The van der Waals surface area contributed by atoms with E-state index in [0.717, 1.165) is 49.8 Å². The van der Waals surface area contributed by atoms with Crippen LogP contribution in [0.3, 0.4) is 0 Å². The molecule has 0 amide bonds. The largest absolute Gasteiger partial charge is 0.256 e. The summed E-state index contributed by atoms with van der Waals surface area (Å²) in [6, 6.07) is 47.4. The second kappa shape index (κ2) is 10.4. The zero-order valence-corrected chi connectivity index (χ0v) is 21.6. The number of fused-ring (bicyclic) bond motifs is 1. The summed E-state index contributed by atoms with van der Waals surface area (Å²) in [5.41, 5.74) is 8.09. The maximum absolute atomic E-state index is 4.98. The van der Waals surface area contributed by atoms with E-state index in [1.165, 1.54) is 0 Å². The monoisotopic (exact) mass is 512 g/mol. The third kappa shape index (κ3) is 4.74. The first kappa shape index (κ1) is 23.6. The van der Waals surface area contributed by atoms with E-state index < -0.39 is 0 Å². The van der Waals surface area contributed by atoms with E-state index in [1.54, 1.807) is 0 Å². The minimum atomic E-state index is 0.625. The number of hydrogen-bond donors (Lipinski definition) is 0. The van der Waals surface area contributed by atoms with Gasteiger partial charge in [-0.05, 0) is 47.0 Å². The zero-order valence-electron chi connectivity index (χ0n) is 21.6. The number of rotatable bonds is 5. The SMILES string of the molecule is c1ccc(-c2cc(-c3cnc4ccccc4c3)cc(-c3nc(-c4ccccc4)nc(-c4ccccc4)n3)c2)cc1. The quantitative estimate of drug-likeness (QED) is 0.231. The van der Waals surface area contributed by atoms with Gasteiger partial charge in [0.15, 0.2) is 17.5 Å². The lowest BCUT2D eigenvalue weighted by Crippen LogP contribution is -2.00. The Bertz CT molecular complexity index is 1880. The van der Waals surface area contributed by atoms with Gasteiger partial charge in [0.05, 0.1) is 5.52 Å². The molecule has 0 N–H and O–H groups in total. The van der Waals surface area contributed by atoms with Crippen LogP contribution in [0.25, 0.3) is 67.3 Å². The maximum Gasteiger partial charge on any atom is 0.164 e. The van der Waals surface area contributed by atoms with Crippen LogP contribution >= 0.6 is 0 Å². The third-order valence-corrected chi connectivity index (χ3v) is 6.92. The predicted molar refractivity (Wildman–Crippen MR) is 162 cm³/mol. The molecule has 0 saturated heterocycles. The number of aromatic nitrogens is 4. The molecule has 0 unspecified atom stereocenters. The molecule has 0 aliphatic rings. The van der Waals surface area contributed by atoms with E-state index in [2.05, 4.69) is 54.6 Å². The zero-order chi connectivity index (χ0) is 26.7. The van der Waals surface area contributed by atoms with Crippen LogP contribution in [0.5, 0.6) is 0 Å². The van der Waals surface area contributed by atoms with Gasteiger partial charge in [-0.3, -0.25) is 4.98 Å². The Hall–Kier alpha value is -5.48. The molecule has 188 valence electrons. The minimum absolute atomic E-state index is 0.625. The highest BCUT2D eigenvalue weighted by atomic mass is 15.0. The van der Waals surface area contributed by atoms with Crippen molar-refractivity contribution in [1.82, 2.24) is 19.9 Å². The van der Waals surface area contributed by atoms with Crippen LogP contribution in [0.2, 0.25) is 0 Å². The van der Waals surface area contributed by atoms with Crippen molar-refractivity contribution < 1.29 is 0 Å². The molecule has 7 aromatic rings. The molecule has 0 saturated carbocycles. The summed E-state index contributed by atoms with van der Waals surface area (Å²) in [6.07, 6.45) is 1.94. The lowest BCUT2D eigenvalue weighted by Gasteiger charge is -2.12. The molecule has 0 spiro atoms. The van der Waals surface area contributed by atoms with Crippen LogP contribution in [0.1, 0.15) is 0 Å². The van der Waals surface area contributed by atoms with Gasteiger partial charge >= 0.3 is 0 Å². The summed E-state index contributed by atoms with van der Waals surface area (Å²) in [4.78, 5) is 19.6. The highest BCUT2D eigenvalue weighted by molar-refractivity contribution is 5.86. The summed E-state index contributed by atoms with van der Waals surface area (Å²) >= 11 is 0. The molecule has 0 aliphatic carbocycles. The fourth-order valence-electron chi connectivity index (χ4n) is 4.89. The molecule has 0 bridgehead atoms. The van der Waals surface area contributed by atoms with E-state index in [9.17, 15) is 0 Å². The van der Waals surface area contributed by atoms with Crippen LogP contribution in [0.15, 0.2) is 146 Å². The molecule has 5 aromatic carbocycles. The molecule has 2 aromatic heterocycles. The summed E-state index contributed by atoms with van der Waals surface area (Å²) < 4.78 is 0. The van der Waals surface area contributed by atoms with Gasteiger partial charge in [-0.25, -0.2) is 15.0 Å². The van der Waals surface area contributed by atoms with Crippen LogP contribution < -0.4 is 0 Å². The molecular formula is C36H24N4. The average molecular weight is 513 g/mol. The molecule has 0 atom stereocenters. The Morgan fingerprint density at radius 2 is 0.775 bits per heavy atom. The van der Waals surface area contributed by atoms with Gasteiger partial charge in [0.2, 0.25) is 0 Å². The fourth-order valence-corrected chi connectivity index (χ4v) is 4.89. The normalized spacial score (nSPS) is 11.0. The van der Waals surface area contributed by atoms with Crippen molar-refractivity contribution in [2.45, 2.75) is 0 Å². The van der Waals surface area contributed by atoms with Crippen molar-refractivity contribution in [3.63, 3.8) is 0 Å². The Morgan fingerprint density at radius 1 is 0.325 bits per heavy atom. The van der Waals surface area contributed by atoms with Gasteiger partial charge in [-0.2, -0.15) is 0 Å². The molecule has 4 nitrogen and oxygen atoms in total. The second-order valence-electron chi connectivity index (χ2n) is 9.62. The number of nitrogens with zero attached hydrogens (tertiary/aromatic N) is 4. The molecule has 2 heterocycles. The first-order valence-electron chi connectivity index (χ1n) is 13.2. The van der Waals surface area contributed by atoms with Crippen molar-refractivity contribution in [2.24, 2.45) is 0 Å². The van der Waals surface area contributed by atoms with Crippen molar-refractivity contribution in [3.8, 4) is 56.4 Å². The number of hydrogen-bond acceptors (Lipinski definition) is 4. The summed E-state index contributed by atoms with van der Waals surface area (Å²) in [5.74, 6) is 1.91. The topological polar surface area (TPSA) is 51.6 Å². The van der Waals surface area contributed by atoms with Crippen molar-refractivity contribution in [2.75, 3.05) is 0 Å². The molecule has 0 fully saturated rings. The Morgan fingerprint density at radius 3 is 1.38 bits per heavy atom. The van der Waals surface area contributed by atoms with E-state index in [-0.39, 0.29) is 0 Å². The van der Waals surface area contributed by atoms with Crippen LogP contribution in [0, 0.1) is 0 Å². The number of para-hydroxylation sites is 1. The van der Waals surface area contributed by atoms with Crippen molar-refractivity contribution in [1.29, 1.82) is 0 Å². The first-order chi connectivity index (χ1) is 19.8. The van der Waals surface area contributed by atoms with Crippen molar-refractivity contribution in [3.05, 3.63) is 146 Å². The molecule has 0 aliphatic heterocycles. The Balaban J connectivity index is 1.45. The van der Waals surface area contributed by atoms with Gasteiger partial charge in [-0.15, -0.1) is 0 Å². The Labute approximate surface area is 232 Å².